The van der Waals surface area contributed by atoms with Crippen LogP contribution in [-0.2, 0) is 39.9 Å². The number of rotatable bonds is 23. The minimum Gasteiger partial charge on any atom is -0.493 e. The number of hydrogen-bond acceptors (Lipinski definition) is 11. The molecule has 3 aromatic rings. The number of benzene rings is 2. The summed E-state index contributed by atoms with van der Waals surface area (Å²) in [7, 11) is 2.30. The highest BCUT2D eigenvalue weighted by Gasteiger charge is 2.32. The number of esters is 2. The first-order chi connectivity index (χ1) is 26.1. The summed E-state index contributed by atoms with van der Waals surface area (Å²) in [5.41, 5.74) is 1.61. The molecule has 0 fully saturated rings. The average Bonchev–Trinajstić information content (AvgIpc) is 3.69. The highest BCUT2D eigenvalue weighted by atomic mass is 16.7. The lowest BCUT2D eigenvalue weighted by atomic mass is 9.90. The SMILES string of the molecule is CCCCON(C=O)[C@H](CC)[C@@H](CCc1ccccc1)C(=O)NCNC(=O)c1ccc(-c2ccc(C(=O)N[C@@H](CC(=O)OC)C(=O)OC)c(OCC)c2)o1. The van der Waals surface area contributed by atoms with Crippen LogP contribution in [0.2, 0.25) is 0 Å². The Kier molecular flexibility index (Phi) is 17.7. The number of carbonyl (C=O) groups is 6. The number of hydroxylamine groups is 2. The molecule has 54 heavy (non-hydrogen) atoms. The fraction of sp³-hybridized carbons (Fsp3) is 0.436. The maximum atomic E-state index is 13.6. The maximum Gasteiger partial charge on any atom is 0.328 e. The standard InChI is InChI=1S/C39H50N4O11/c1-6-9-21-53-43(25-44)31(7-2)28(17-15-26-13-11-10-12-14-26)36(46)40-24-41-38(48)33-20-19-32(54-33)27-16-18-29(34(22-27)52-8-3)37(47)42-30(39(49)51-5)23-35(45)50-4/h10-14,16,18-20,22,25,28,30-31H,6-9,15,17,21,23-24H2,1-5H3,(H,40,46)(H,41,48)(H,42,47)/t28-,30+,31-/m1/s1. The summed E-state index contributed by atoms with van der Waals surface area (Å²) in [6.07, 6.45) is 3.33. The second-order valence-electron chi connectivity index (χ2n) is 12.1. The Balaban J connectivity index is 1.70. The first-order valence-corrected chi connectivity index (χ1v) is 17.9. The molecule has 0 spiro atoms. The number of hydrogen-bond donors (Lipinski definition) is 3. The van der Waals surface area contributed by atoms with Crippen LogP contribution in [0.25, 0.3) is 11.3 Å². The number of carbonyl (C=O) groups excluding carboxylic acids is 6. The Morgan fingerprint density at radius 2 is 1.67 bits per heavy atom. The predicted octanol–water partition coefficient (Wildman–Crippen LogP) is 4.20. The van der Waals surface area contributed by atoms with E-state index in [4.69, 9.17) is 18.7 Å². The zero-order valence-corrected chi connectivity index (χ0v) is 31.4. The number of nitrogens with zero attached hydrogens (tertiary/aromatic N) is 1. The lowest BCUT2D eigenvalue weighted by Gasteiger charge is -2.32. The molecule has 0 radical (unpaired) electrons. The summed E-state index contributed by atoms with van der Waals surface area (Å²) < 4.78 is 20.8. The van der Waals surface area contributed by atoms with E-state index in [1.807, 2.05) is 44.2 Å². The Hall–Kier alpha value is -5.70. The fourth-order valence-electron chi connectivity index (χ4n) is 5.63. The van der Waals surface area contributed by atoms with Crippen LogP contribution in [0.3, 0.4) is 0 Å². The number of aryl methyl sites for hydroxylation is 1. The van der Waals surface area contributed by atoms with Gasteiger partial charge in [-0.25, -0.2) is 9.86 Å². The Morgan fingerprint density at radius 1 is 0.907 bits per heavy atom. The van der Waals surface area contributed by atoms with Crippen LogP contribution < -0.4 is 20.7 Å². The Morgan fingerprint density at radius 3 is 2.31 bits per heavy atom. The molecule has 15 heteroatoms. The van der Waals surface area contributed by atoms with Gasteiger partial charge in [0.25, 0.3) is 11.8 Å². The molecule has 292 valence electrons. The molecule has 0 unspecified atom stereocenters. The van der Waals surface area contributed by atoms with Crippen molar-refractivity contribution in [1.82, 2.24) is 21.0 Å². The van der Waals surface area contributed by atoms with Gasteiger partial charge in [-0.15, -0.1) is 0 Å². The molecule has 15 nitrogen and oxygen atoms in total. The summed E-state index contributed by atoms with van der Waals surface area (Å²) in [6, 6.07) is 15.5. The molecule has 2 aromatic carbocycles. The summed E-state index contributed by atoms with van der Waals surface area (Å²) in [4.78, 5) is 81.5. The summed E-state index contributed by atoms with van der Waals surface area (Å²) in [5.74, 6) is -3.38. The van der Waals surface area contributed by atoms with Gasteiger partial charge in [-0.3, -0.25) is 28.8 Å². The molecule has 0 aliphatic carbocycles. The van der Waals surface area contributed by atoms with Gasteiger partial charge in [0.05, 0.1) is 58.0 Å². The molecule has 0 aliphatic rings. The average molecular weight is 751 g/mol. The molecule has 0 bridgehead atoms. The second-order valence-corrected chi connectivity index (χ2v) is 12.1. The van der Waals surface area contributed by atoms with Crippen LogP contribution in [0.15, 0.2) is 65.1 Å². The van der Waals surface area contributed by atoms with Crippen molar-refractivity contribution in [3.8, 4) is 17.1 Å². The van der Waals surface area contributed by atoms with E-state index in [2.05, 4.69) is 20.7 Å². The van der Waals surface area contributed by atoms with Crippen LogP contribution >= 0.6 is 0 Å². The van der Waals surface area contributed by atoms with E-state index >= 15 is 0 Å². The molecule has 4 amide bonds. The molecule has 1 heterocycles. The largest absolute Gasteiger partial charge is 0.493 e. The molecule has 3 atom stereocenters. The number of nitrogens with one attached hydrogen (secondary N) is 3. The molecular weight excluding hydrogens is 700 g/mol. The van der Waals surface area contributed by atoms with E-state index in [0.717, 1.165) is 32.6 Å². The summed E-state index contributed by atoms with van der Waals surface area (Å²) in [6.45, 7) is 5.98. The lowest BCUT2D eigenvalue weighted by molar-refractivity contribution is -0.195. The molecule has 0 saturated heterocycles. The van der Waals surface area contributed by atoms with Crippen molar-refractivity contribution in [2.24, 2.45) is 5.92 Å². The highest BCUT2D eigenvalue weighted by molar-refractivity contribution is 6.00. The van der Waals surface area contributed by atoms with Gasteiger partial charge in [-0.2, -0.15) is 0 Å². The quantitative estimate of drug-likeness (QED) is 0.0414. The van der Waals surface area contributed by atoms with E-state index < -0.39 is 48.2 Å². The van der Waals surface area contributed by atoms with Gasteiger partial charge in [0.1, 0.15) is 17.6 Å². The van der Waals surface area contributed by atoms with E-state index in [-0.39, 0.29) is 36.3 Å². The van der Waals surface area contributed by atoms with Crippen LogP contribution in [0.4, 0.5) is 0 Å². The monoisotopic (exact) mass is 750 g/mol. The molecular formula is C39H50N4O11. The smallest absolute Gasteiger partial charge is 0.328 e. The minimum atomic E-state index is -1.29. The first-order valence-electron chi connectivity index (χ1n) is 17.9. The molecule has 1 aromatic heterocycles. The third kappa shape index (κ3) is 12.5. The van der Waals surface area contributed by atoms with Gasteiger partial charge in [0, 0.05) is 5.56 Å². The van der Waals surface area contributed by atoms with Crippen LogP contribution in [0.5, 0.6) is 5.75 Å². The van der Waals surface area contributed by atoms with Crippen molar-refractivity contribution in [2.75, 3.05) is 34.1 Å². The fourth-order valence-corrected chi connectivity index (χ4v) is 5.63. The van der Waals surface area contributed by atoms with Crippen molar-refractivity contribution in [3.63, 3.8) is 0 Å². The normalized spacial score (nSPS) is 12.4. The lowest BCUT2D eigenvalue weighted by Crippen LogP contribution is -2.48. The third-order valence-corrected chi connectivity index (χ3v) is 8.52. The van der Waals surface area contributed by atoms with Crippen molar-refractivity contribution in [3.05, 3.63) is 77.6 Å². The van der Waals surface area contributed by atoms with E-state index in [0.29, 0.717) is 43.6 Å². The second kappa shape index (κ2) is 22.4. The summed E-state index contributed by atoms with van der Waals surface area (Å²) >= 11 is 0. The van der Waals surface area contributed by atoms with Gasteiger partial charge >= 0.3 is 11.9 Å². The van der Waals surface area contributed by atoms with Crippen molar-refractivity contribution in [2.45, 2.75) is 71.4 Å². The highest BCUT2D eigenvalue weighted by Crippen LogP contribution is 2.29. The van der Waals surface area contributed by atoms with Crippen LogP contribution in [0, 0.1) is 5.92 Å². The minimum absolute atomic E-state index is 0.0359. The van der Waals surface area contributed by atoms with Gasteiger partial charge < -0.3 is 34.6 Å². The Bertz CT molecular complexity index is 1690. The van der Waals surface area contributed by atoms with Gasteiger partial charge in [-0.1, -0.05) is 56.7 Å². The summed E-state index contributed by atoms with van der Waals surface area (Å²) in [5, 5.41) is 9.13. The van der Waals surface area contributed by atoms with Gasteiger partial charge in [0.15, 0.2) is 5.76 Å². The van der Waals surface area contributed by atoms with Crippen molar-refractivity contribution >= 4 is 36.1 Å². The molecule has 3 rings (SSSR count). The van der Waals surface area contributed by atoms with Crippen molar-refractivity contribution in [1.29, 1.82) is 0 Å². The number of furan rings is 1. The third-order valence-electron chi connectivity index (χ3n) is 8.52. The molecule has 0 saturated carbocycles. The number of methoxy groups -OCH3 is 2. The number of ether oxygens (including phenoxy) is 3. The predicted molar refractivity (Wildman–Crippen MR) is 197 cm³/mol. The van der Waals surface area contributed by atoms with E-state index in [9.17, 15) is 28.8 Å². The van der Waals surface area contributed by atoms with Gasteiger partial charge in [0.2, 0.25) is 12.3 Å². The Labute approximate surface area is 315 Å². The van der Waals surface area contributed by atoms with Crippen LogP contribution in [-0.4, -0.2) is 87.3 Å². The topological polar surface area (TPSA) is 192 Å². The van der Waals surface area contributed by atoms with E-state index in [1.165, 1.54) is 17.2 Å². The van der Waals surface area contributed by atoms with Gasteiger partial charge in [-0.05, 0) is 62.4 Å². The maximum absolute atomic E-state index is 13.6. The van der Waals surface area contributed by atoms with Crippen molar-refractivity contribution < 1.29 is 52.2 Å². The van der Waals surface area contributed by atoms with Crippen LogP contribution in [0.1, 0.15) is 79.4 Å². The first kappa shape index (κ1) is 42.7. The number of unbranched alkanes of at least 4 members (excludes halogenated alkanes) is 1. The molecule has 3 N–H and O–H groups in total. The molecule has 0 aliphatic heterocycles. The zero-order valence-electron chi connectivity index (χ0n) is 31.4. The number of amides is 4. The van der Waals surface area contributed by atoms with E-state index in [1.54, 1.807) is 25.1 Å². The zero-order chi connectivity index (χ0) is 39.5.